The molecule has 1 fully saturated rings. The summed E-state index contributed by atoms with van der Waals surface area (Å²) >= 11 is 0. The fourth-order valence-electron chi connectivity index (χ4n) is 2.63. The Balaban J connectivity index is 1.93. The van der Waals surface area contributed by atoms with E-state index < -0.39 is 0 Å². The number of piperazine rings is 1. The highest BCUT2D eigenvalue weighted by atomic mass is 16.1. The highest BCUT2D eigenvalue weighted by Gasteiger charge is 2.17. The summed E-state index contributed by atoms with van der Waals surface area (Å²) in [6.07, 6.45) is 2.73. The highest BCUT2D eigenvalue weighted by Crippen LogP contribution is 2.16. The molecule has 1 aromatic heterocycles. The number of carbonyl (C=O) groups excluding carboxylic acids is 1. The van der Waals surface area contributed by atoms with Crippen LogP contribution >= 0.6 is 0 Å². The van der Waals surface area contributed by atoms with Crippen LogP contribution in [0.1, 0.15) is 37.7 Å². The second-order valence-electron chi connectivity index (χ2n) is 6.26. The molecule has 1 amide bonds. The van der Waals surface area contributed by atoms with E-state index >= 15 is 0 Å². The first kappa shape index (κ1) is 16.7. The molecule has 0 atom stereocenters. The second-order valence-corrected chi connectivity index (χ2v) is 6.26. The number of pyridine rings is 1. The molecule has 1 aliphatic rings. The van der Waals surface area contributed by atoms with Gasteiger partial charge in [0.25, 0.3) is 5.91 Å². The van der Waals surface area contributed by atoms with E-state index in [9.17, 15) is 4.79 Å². The Morgan fingerprint density at radius 2 is 2.05 bits per heavy atom. The van der Waals surface area contributed by atoms with Gasteiger partial charge < -0.3 is 15.1 Å². The van der Waals surface area contributed by atoms with Crippen LogP contribution in [-0.2, 0) is 0 Å². The fourth-order valence-corrected chi connectivity index (χ4v) is 2.63. The normalized spacial score (nSPS) is 16.1. The first-order valence-electron chi connectivity index (χ1n) is 8.31. The molecule has 0 saturated carbocycles. The van der Waals surface area contributed by atoms with Crippen molar-refractivity contribution < 1.29 is 4.79 Å². The number of hydrogen-bond donors (Lipinski definition) is 1. The summed E-state index contributed by atoms with van der Waals surface area (Å²) in [5, 5.41) is 2.95. The lowest BCUT2D eigenvalue weighted by atomic mass is 10.1. The van der Waals surface area contributed by atoms with Crippen molar-refractivity contribution in [1.29, 1.82) is 0 Å². The summed E-state index contributed by atoms with van der Waals surface area (Å²) in [6, 6.07) is 3.90. The fraction of sp³-hybridized carbons (Fsp3) is 0.647. The van der Waals surface area contributed by atoms with Crippen LogP contribution < -0.4 is 10.2 Å². The van der Waals surface area contributed by atoms with E-state index in [1.807, 2.05) is 12.1 Å². The van der Waals surface area contributed by atoms with Gasteiger partial charge >= 0.3 is 0 Å². The van der Waals surface area contributed by atoms with Gasteiger partial charge in [0.05, 0.1) is 0 Å². The molecule has 5 nitrogen and oxygen atoms in total. The molecule has 2 heterocycles. The largest absolute Gasteiger partial charge is 0.369 e. The van der Waals surface area contributed by atoms with Gasteiger partial charge in [-0.1, -0.05) is 20.8 Å². The van der Waals surface area contributed by atoms with Crippen molar-refractivity contribution >= 4 is 11.6 Å². The lowest BCUT2D eigenvalue weighted by Crippen LogP contribution is -2.46. The SMILES string of the molecule is CCN1CCN(c2ccnc(C(=O)NCCC(C)C)c2)CC1. The number of likely N-dealkylation sites (N-methyl/N-ethyl adjacent to an activating group) is 1. The van der Waals surface area contributed by atoms with Crippen LogP contribution in [-0.4, -0.2) is 55.1 Å². The Bertz CT molecular complexity index is 481. The first-order valence-corrected chi connectivity index (χ1v) is 8.31. The minimum Gasteiger partial charge on any atom is -0.369 e. The molecule has 0 unspecified atom stereocenters. The molecule has 0 bridgehead atoms. The molecule has 2 rings (SSSR count). The molecule has 5 heteroatoms. The van der Waals surface area contributed by atoms with Crippen molar-refractivity contribution in [2.45, 2.75) is 27.2 Å². The zero-order valence-corrected chi connectivity index (χ0v) is 14.0. The van der Waals surface area contributed by atoms with E-state index in [2.05, 4.69) is 40.9 Å². The van der Waals surface area contributed by atoms with E-state index in [-0.39, 0.29) is 5.91 Å². The molecule has 1 aliphatic heterocycles. The Hall–Kier alpha value is -1.62. The second kappa shape index (κ2) is 8.13. The average molecular weight is 304 g/mol. The summed E-state index contributed by atoms with van der Waals surface area (Å²) in [4.78, 5) is 21.1. The van der Waals surface area contributed by atoms with Gasteiger partial charge in [0.2, 0.25) is 0 Å². The predicted octanol–water partition coefficient (Wildman–Crippen LogP) is 2.00. The number of rotatable bonds is 6. The van der Waals surface area contributed by atoms with Crippen LogP contribution in [0.15, 0.2) is 18.3 Å². The zero-order valence-electron chi connectivity index (χ0n) is 14.0. The van der Waals surface area contributed by atoms with Gasteiger partial charge in [-0.25, -0.2) is 0 Å². The number of nitrogens with one attached hydrogen (secondary N) is 1. The number of anilines is 1. The van der Waals surface area contributed by atoms with Crippen LogP contribution in [0.2, 0.25) is 0 Å². The average Bonchev–Trinajstić information content (AvgIpc) is 2.54. The van der Waals surface area contributed by atoms with Gasteiger partial charge in [0, 0.05) is 44.6 Å². The van der Waals surface area contributed by atoms with E-state index in [0.29, 0.717) is 18.2 Å². The maximum Gasteiger partial charge on any atom is 0.269 e. The summed E-state index contributed by atoms with van der Waals surface area (Å²) in [6.45, 7) is 12.5. The molecule has 0 spiro atoms. The molecule has 1 saturated heterocycles. The van der Waals surface area contributed by atoms with Crippen molar-refractivity contribution in [3.63, 3.8) is 0 Å². The molecule has 122 valence electrons. The van der Waals surface area contributed by atoms with E-state index in [4.69, 9.17) is 0 Å². The Morgan fingerprint density at radius 3 is 2.68 bits per heavy atom. The Kier molecular flexibility index (Phi) is 6.19. The van der Waals surface area contributed by atoms with Crippen LogP contribution in [0.3, 0.4) is 0 Å². The van der Waals surface area contributed by atoms with Gasteiger partial charge in [-0.2, -0.15) is 0 Å². The van der Waals surface area contributed by atoms with E-state index in [0.717, 1.165) is 44.8 Å². The summed E-state index contributed by atoms with van der Waals surface area (Å²) in [5.74, 6) is 0.518. The quantitative estimate of drug-likeness (QED) is 0.873. The monoisotopic (exact) mass is 304 g/mol. The zero-order chi connectivity index (χ0) is 15.9. The lowest BCUT2D eigenvalue weighted by Gasteiger charge is -2.35. The van der Waals surface area contributed by atoms with Gasteiger partial charge in [-0.15, -0.1) is 0 Å². The number of nitrogens with zero attached hydrogens (tertiary/aromatic N) is 3. The minimum absolute atomic E-state index is 0.0744. The van der Waals surface area contributed by atoms with Gasteiger partial charge in [-0.3, -0.25) is 9.78 Å². The standard InChI is InChI=1S/C17H28N4O/c1-4-20-9-11-21(12-10-20)15-6-8-18-16(13-15)17(22)19-7-5-14(2)3/h6,8,13-14H,4-5,7,9-12H2,1-3H3,(H,19,22). The molecular weight excluding hydrogens is 276 g/mol. The number of carbonyl (C=O) groups is 1. The number of hydrogen-bond acceptors (Lipinski definition) is 4. The third-order valence-corrected chi connectivity index (χ3v) is 4.17. The summed E-state index contributed by atoms with van der Waals surface area (Å²) < 4.78 is 0. The van der Waals surface area contributed by atoms with Crippen molar-refractivity contribution in [2.24, 2.45) is 5.92 Å². The molecule has 1 aromatic rings. The highest BCUT2D eigenvalue weighted by molar-refractivity contribution is 5.93. The number of amides is 1. The third kappa shape index (κ3) is 4.70. The maximum atomic E-state index is 12.2. The molecule has 0 aliphatic carbocycles. The van der Waals surface area contributed by atoms with Crippen LogP contribution in [0.5, 0.6) is 0 Å². The first-order chi connectivity index (χ1) is 10.6. The molecular formula is C17H28N4O. The van der Waals surface area contributed by atoms with Crippen LogP contribution in [0.25, 0.3) is 0 Å². The molecule has 22 heavy (non-hydrogen) atoms. The lowest BCUT2D eigenvalue weighted by molar-refractivity contribution is 0.0947. The van der Waals surface area contributed by atoms with Gasteiger partial charge in [0.1, 0.15) is 5.69 Å². The molecule has 0 aromatic carbocycles. The summed E-state index contributed by atoms with van der Waals surface area (Å²) in [5.41, 5.74) is 1.61. The van der Waals surface area contributed by atoms with Crippen molar-refractivity contribution in [2.75, 3.05) is 44.2 Å². The van der Waals surface area contributed by atoms with E-state index in [1.54, 1.807) is 6.20 Å². The Labute approximate surface area is 133 Å². The molecule has 1 N–H and O–H groups in total. The van der Waals surface area contributed by atoms with Crippen LogP contribution in [0.4, 0.5) is 5.69 Å². The van der Waals surface area contributed by atoms with Gasteiger partial charge in [-0.05, 0) is 31.0 Å². The van der Waals surface area contributed by atoms with Crippen LogP contribution in [0, 0.1) is 5.92 Å². The smallest absolute Gasteiger partial charge is 0.269 e. The Morgan fingerprint density at radius 1 is 1.32 bits per heavy atom. The summed E-state index contributed by atoms with van der Waals surface area (Å²) in [7, 11) is 0. The van der Waals surface area contributed by atoms with Crippen molar-refractivity contribution in [3.05, 3.63) is 24.0 Å². The predicted molar refractivity (Wildman–Crippen MR) is 90.4 cm³/mol. The van der Waals surface area contributed by atoms with Crippen molar-refractivity contribution in [3.8, 4) is 0 Å². The maximum absolute atomic E-state index is 12.2. The minimum atomic E-state index is -0.0744. The van der Waals surface area contributed by atoms with E-state index in [1.165, 1.54) is 0 Å². The number of aromatic nitrogens is 1. The topological polar surface area (TPSA) is 48.5 Å². The van der Waals surface area contributed by atoms with Gasteiger partial charge in [0.15, 0.2) is 0 Å². The third-order valence-electron chi connectivity index (χ3n) is 4.17. The van der Waals surface area contributed by atoms with Crippen molar-refractivity contribution in [1.82, 2.24) is 15.2 Å². The molecule has 0 radical (unpaired) electrons.